The maximum Gasteiger partial charge on any atom is 0.295 e. The first-order valence-corrected chi connectivity index (χ1v) is 5.32. The highest BCUT2D eigenvalue weighted by molar-refractivity contribution is 5.63. The van der Waals surface area contributed by atoms with Crippen LogP contribution in [0.15, 0.2) is 36.4 Å². The Bertz CT molecular complexity index is 615. The Morgan fingerprint density at radius 3 is 1.80 bits per heavy atom. The maximum atomic E-state index is 12.5. The molecule has 20 heavy (non-hydrogen) atoms. The van der Waals surface area contributed by atoms with Gasteiger partial charge in [-0.15, -0.1) is 0 Å². The minimum Gasteiger partial charge on any atom is -0.397 e. The molecule has 0 radical (unpaired) electrons. The summed E-state index contributed by atoms with van der Waals surface area (Å²) in [5.74, 6) is -1.23. The normalized spacial score (nSPS) is 9.50. The van der Waals surface area contributed by atoms with Crippen LogP contribution in [-0.4, -0.2) is 4.92 Å². The van der Waals surface area contributed by atoms with Gasteiger partial charge in [0.1, 0.15) is 11.5 Å². The molecule has 2 aromatic rings. The third-order valence-corrected chi connectivity index (χ3v) is 2.31. The van der Waals surface area contributed by atoms with Gasteiger partial charge >= 0.3 is 0 Å². The molecule has 0 spiro atoms. The molecule has 0 aliphatic heterocycles. The van der Waals surface area contributed by atoms with E-state index < -0.39 is 27.9 Å². The Morgan fingerprint density at radius 1 is 0.900 bits per heavy atom. The zero-order valence-electron chi connectivity index (χ0n) is 10.2. The van der Waals surface area contributed by atoms with Crippen molar-refractivity contribution >= 4 is 22.7 Å². The van der Waals surface area contributed by atoms with E-state index in [0.717, 1.165) is 12.1 Å². The van der Waals surface area contributed by atoms with E-state index in [2.05, 4.69) is 0 Å². The minimum atomic E-state index is -0.765. The van der Waals surface area contributed by atoms with Crippen molar-refractivity contribution in [1.82, 2.24) is 0 Å². The van der Waals surface area contributed by atoms with Crippen LogP contribution in [0.25, 0.3) is 0 Å². The van der Waals surface area contributed by atoms with E-state index in [0.29, 0.717) is 0 Å². The van der Waals surface area contributed by atoms with Crippen molar-refractivity contribution in [1.29, 1.82) is 0 Å². The van der Waals surface area contributed by atoms with Crippen molar-refractivity contribution in [3.63, 3.8) is 0 Å². The van der Waals surface area contributed by atoms with Crippen molar-refractivity contribution in [2.75, 3.05) is 17.2 Å². The molecular formula is C12H12F2N4O2. The van der Waals surface area contributed by atoms with Crippen LogP contribution in [-0.2, 0) is 0 Å². The van der Waals surface area contributed by atoms with Crippen LogP contribution in [0.5, 0.6) is 0 Å². The van der Waals surface area contributed by atoms with E-state index >= 15 is 0 Å². The third-order valence-electron chi connectivity index (χ3n) is 2.31. The SMILES string of the molecule is Nc1c(F)cccc1[N+](=O)[O-].Nc1cccc(F)c1N. The molecule has 0 aliphatic rings. The van der Waals surface area contributed by atoms with Gasteiger partial charge in [-0.05, 0) is 18.2 Å². The van der Waals surface area contributed by atoms with Crippen LogP contribution in [0.2, 0.25) is 0 Å². The van der Waals surface area contributed by atoms with E-state index in [-0.39, 0.29) is 11.4 Å². The van der Waals surface area contributed by atoms with Crippen LogP contribution in [0, 0.1) is 21.7 Å². The molecule has 0 aliphatic carbocycles. The summed E-state index contributed by atoms with van der Waals surface area (Å²) in [6.45, 7) is 0. The lowest BCUT2D eigenvalue weighted by Crippen LogP contribution is -1.97. The molecule has 0 saturated carbocycles. The van der Waals surface area contributed by atoms with Crippen LogP contribution >= 0.6 is 0 Å². The molecule has 6 N–H and O–H groups in total. The number of nitro groups is 1. The van der Waals surface area contributed by atoms with E-state index in [1.807, 2.05) is 0 Å². The van der Waals surface area contributed by atoms with Gasteiger partial charge < -0.3 is 17.2 Å². The molecule has 6 nitrogen and oxygen atoms in total. The van der Waals surface area contributed by atoms with Crippen molar-refractivity contribution in [2.45, 2.75) is 0 Å². The predicted molar refractivity (Wildman–Crippen MR) is 72.7 cm³/mol. The fourth-order valence-corrected chi connectivity index (χ4v) is 1.24. The van der Waals surface area contributed by atoms with Gasteiger partial charge in [-0.1, -0.05) is 12.1 Å². The maximum absolute atomic E-state index is 12.5. The second-order valence-electron chi connectivity index (χ2n) is 3.67. The average molecular weight is 282 g/mol. The Morgan fingerprint density at radius 2 is 1.40 bits per heavy atom. The number of benzene rings is 2. The molecule has 0 heterocycles. The average Bonchev–Trinajstić information content (AvgIpc) is 2.39. The molecule has 0 bridgehead atoms. The number of anilines is 3. The Kier molecular flexibility index (Phi) is 4.79. The first kappa shape index (κ1) is 15.2. The summed E-state index contributed by atoms with van der Waals surface area (Å²) in [4.78, 5) is 9.41. The summed E-state index contributed by atoms with van der Waals surface area (Å²) < 4.78 is 24.9. The second-order valence-corrected chi connectivity index (χ2v) is 3.67. The van der Waals surface area contributed by atoms with Gasteiger partial charge in [0, 0.05) is 6.07 Å². The number of nitrogens with zero attached hydrogens (tertiary/aromatic N) is 1. The molecule has 106 valence electrons. The molecule has 0 saturated heterocycles. The number of hydrogen-bond acceptors (Lipinski definition) is 5. The quantitative estimate of drug-likeness (QED) is 0.421. The fourth-order valence-electron chi connectivity index (χ4n) is 1.24. The number of rotatable bonds is 1. The number of para-hydroxylation sites is 2. The summed E-state index contributed by atoms with van der Waals surface area (Å²) in [5, 5.41) is 10.1. The fraction of sp³-hybridized carbons (Fsp3) is 0. The van der Waals surface area contributed by atoms with E-state index in [4.69, 9.17) is 17.2 Å². The first-order chi connectivity index (χ1) is 9.34. The summed E-state index contributed by atoms with van der Waals surface area (Å²) in [6.07, 6.45) is 0. The summed E-state index contributed by atoms with van der Waals surface area (Å²) in [7, 11) is 0. The second kappa shape index (κ2) is 6.32. The smallest absolute Gasteiger partial charge is 0.295 e. The van der Waals surface area contributed by atoms with E-state index in [1.165, 1.54) is 18.2 Å². The molecule has 2 rings (SSSR count). The number of nitro benzene ring substituents is 1. The standard InChI is InChI=1S/C6H5FN2O2.C6H7FN2/c7-4-2-1-3-5(6(4)8)9(10)11;7-4-2-1-3-5(8)6(4)9/h1-3H,8H2;1-3H,8-9H2. The van der Waals surface area contributed by atoms with Crippen LogP contribution in [0.4, 0.5) is 31.5 Å². The minimum absolute atomic E-state index is 0.0255. The Hall–Kier alpha value is -2.90. The molecule has 0 fully saturated rings. The molecule has 8 heteroatoms. The molecular weight excluding hydrogens is 270 g/mol. The highest BCUT2D eigenvalue weighted by Gasteiger charge is 2.13. The van der Waals surface area contributed by atoms with Gasteiger partial charge in [0.2, 0.25) is 0 Å². The Labute approximate surface area is 112 Å². The predicted octanol–water partition coefficient (Wildman–Crippen LogP) is 2.31. The van der Waals surface area contributed by atoms with E-state index in [1.54, 1.807) is 6.07 Å². The third kappa shape index (κ3) is 3.55. The van der Waals surface area contributed by atoms with Gasteiger partial charge in [0.25, 0.3) is 5.69 Å². The van der Waals surface area contributed by atoms with Crippen molar-refractivity contribution < 1.29 is 13.7 Å². The number of hydrogen-bond donors (Lipinski definition) is 3. The lowest BCUT2D eigenvalue weighted by molar-refractivity contribution is -0.384. The zero-order valence-corrected chi connectivity index (χ0v) is 10.2. The summed E-state index contributed by atoms with van der Waals surface area (Å²) in [6, 6.07) is 7.80. The molecule has 2 aromatic carbocycles. The van der Waals surface area contributed by atoms with E-state index in [9.17, 15) is 18.9 Å². The number of nitrogens with two attached hydrogens (primary N) is 3. The first-order valence-electron chi connectivity index (χ1n) is 5.32. The van der Waals surface area contributed by atoms with Crippen LogP contribution < -0.4 is 17.2 Å². The molecule has 0 atom stereocenters. The van der Waals surface area contributed by atoms with Crippen LogP contribution in [0.1, 0.15) is 0 Å². The topological polar surface area (TPSA) is 121 Å². The molecule has 0 aromatic heterocycles. The largest absolute Gasteiger partial charge is 0.397 e. The van der Waals surface area contributed by atoms with Crippen molar-refractivity contribution in [3.8, 4) is 0 Å². The zero-order chi connectivity index (χ0) is 15.3. The van der Waals surface area contributed by atoms with Crippen molar-refractivity contribution in [3.05, 3.63) is 58.1 Å². The van der Waals surface area contributed by atoms with Crippen molar-refractivity contribution in [2.24, 2.45) is 0 Å². The highest BCUT2D eigenvalue weighted by Crippen LogP contribution is 2.22. The van der Waals surface area contributed by atoms with Gasteiger partial charge in [-0.25, -0.2) is 8.78 Å². The highest BCUT2D eigenvalue weighted by atomic mass is 19.1. The lowest BCUT2D eigenvalue weighted by Gasteiger charge is -1.97. The molecule has 0 unspecified atom stereocenters. The summed E-state index contributed by atoms with van der Waals surface area (Å²) >= 11 is 0. The monoisotopic (exact) mass is 282 g/mol. The van der Waals surface area contributed by atoms with Gasteiger partial charge in [0.05, 0.1) is 16.3 Å². The van der Waals surface area contributed by atoms with Gasteiger partial charge in [-0.3, -0.25) is 10.1 Å². The van der Waals surface area contributed by atoms with Gasteiger partial charge in [-0.2, -0.15) is 0 Å². The molecule has 0 amide bonds. The summed E-state index contributed by atoms with van der Waals surface area (Å²) in [5.41, 5.74) is 15.0. The Balaban J connectivity index is 0.000000204. The van der Waals surface area contributed by atoms with Crippen LogP contribution in [0.3, 0.4) is 0 Å². The lowest BCUT2D eigenvalue weighted by atomic mass is 10.3. The number of nitrogen functional groups attached to an aromatic ring is 3. The number of halogens is 2. The van der Waals surface area contributed by atoms with Gasteiger partial charge in [0.15, 0.2) is 5.82 Å².